The van der Waals surface area contributed by atoms with Crippen LogP contribution in [0.2, 0.25) is 5.02 Å². The van der Waals surface area contributed by atoms with Gasteiger partial charge in [-0.3, -0.25) is 4.79 Å². The molecule has 0 aliphatic rings. The van der Waals surface area contributed by atoms with E-state index in [2.05, 4.69) is 10.3 Å². The highest BCUT2D eigenvalue weighted by Crippen LogP contribution is 2.12. The van der Waals surface area contributed by atoms with Crippen molar-refractivity contribution >= 4 is 28.8 Å². The Morgan fingerprint density at radius 3 is 2.74 bits per heavy atom. The molecule has 100 valence electrons. The van der Waals surface area contributed by atoms with Gasteiger partial charge in [-0.05, 0) is 31.0 Å². The molecule has 0 unspecified atom stereocenters. The fraction of sp³-hybridized carbons (Fsp3) is 0.286. The molecule has 0 radical (unpaired) electrons. The molecule has 1 aromatic heterocycles. The normalized spacial score (nSPS) is 10.4. The van der Waals surface area contributed by atoms with Gasteiger partial charge in [0.05, 0.1) is 11.6 Å². The van der Waals surface area contributed by atoms with Crippen molar-refractivity contribution in [3.05, 3.63) is 50.9 Å². The van der Waals surface area contributed by atoms with E-state index in [0.29, 0.717) is 18.0 Å². The summed E-state index contributed by atoms with van der Waals surface area (Å²) < 4.78 is 0. The number of benzene rings is 1. The predicted octanol–water partition coefficient (Wildman–Crippen LogP) is 3.35. The Labute approximate surface area is 121 Å². The van der Waals surface area contributed by atoms with Crippen molar-refractivity contribution < 1.29 is 4.79 Å². The zero-order valence-electron chi connectivity index (χ0n) is 10.6. The third-order valence-electron chi connectivity index (χ3n) is 2.68. The number of thiazole rings is 1. The number of aromatic nitrogens is 1. The zero-order valence-corrected chi connectivity index (χ0v) is 12.2. The van der Waals surface area contributed by atoms with Crippen LogP contribution in [0, 0.1) is 6.92 Å². The number of hydrogen-bond acceptors (Lipinski definition) is 3. The van der Waals surface area contributed by atoms with Crippen molar-refractivity contribution in [2.75, 3.05) is 0 Å². The van der Waals surface area contributed by atoms with Crippen molar-refractivity contribution in [1.82, 2.24) is 10.3 Å². The number of carbonyl (C=O) groups is 1. The molecule has 0 spiro atoms. The lowest BCUT2D eigenvalue weighted by atomic mass is 10.1. The Balaban J connectivity index is 1.74. The predicted molar refractivity (Wildman–Crippen MR) is 78.5 cm³/mol. The van der Waals surface area contributed by atoms with Crippen molar-refractivity contribution in [2.45, 2.75) is 26.3 Å². The highest BCUT2D eigenvalue weighted by Gasteiger charge is 2.04. The number of nitrogens with zero attached hydrogens (tertiary/aromatic N) is 1. The fourth-order valence-electron chi connectivity index (χ4n) is 1.67. The van der Waals surface area contributed by atoms with Crippen molar-refractivity contribution in [3.8, 4) is 0 Å². The molecule has 0 saturated heterocycles. The minimum atomic E-state index is 0.0565. The number of amides is 1. The first kappa shape index (κ1) is 14.0. The summed E-state index contributed by atoms with van der Waals surface area (Å²) in [7, 11) is 0. The number of aryl methyl sites for hydroxylation is 2. The lowest BCUT2D eigenvalue weighted by molar-refractivity contribution is -0.121. The Bertz CT molecular complexity index is 551. The molecule has 1 N–H and O–H groups in total. The second-order valence-electron chi connectivity index (χ2n) is 4.25. The molecule has 0 bridgehead atoms. The van der Waals surface area contributed by atoms with Crippen molar-refractivity contribution in [3.63, 3.8) is 0 Å². The van der Waals surface area contributed by atoms with Crippen LogP contribution in [0.15, 0.2) is 30.5 Å². The maximum absolute atomic E-state index is 11.7. The maximum atomic E-state index is 11.7. The van der Waals surface area contributed by atoms with Gasteiger partial charge >= 0.3 is 0 Å². The standard InChI is InChI=1S/C14H15ClN2OS/c1-10-16-8-13(19-10)9-17-14(18)7-4-11-2-5-12(15)6-3-11/h2-3,5-6,8H,4,7,9H2,1H3,(H,17,18). The van der Waals surface area contributed by atoms with E-state index >= 15 is 0 Å². The van der Waals surface area contributed by atoms with Gasteiger partial charge in [-0.2, -0.15) is 0 Å². The maximum Gasteiger partial charge on any atom is 0.220 e. The van der Waals surface area contributed by atoms with Crippen LogP contribution in [0.4, 0.5) is 0 Å². The molecule has 0 saturated carbocycles. The molecule has 0 aliphatic heterocycles. The first-order chi connectivity index (χ1) is 9.13. The summed E-state index contributed by atoms with van der Waals surface area (Å²) in [5.74, 6) is 0.0565. The first-order valence-corrected chi connectivity index (χ1v) is 7.25. The van der Waals surface area contributed by atoms with Crippen LogP contribution in [0.25, 0.3) is 0 Å². The van der Waals surface area contributed by atoms with Crippen molar-refractivity contribution in [1.29, 1.82) is 0 Å². The summed E-state index contributed by atoms with van der Waals surface area (Å²) in [6.45, 7) is 2.52. The number of nitrogens with one attached hydrogen (secondary N) is 1. The summed E-state index contributed by atoms with van der Waals surface area (Å²) in [4.78, 5) is 16.9. The Kier molecular flexibility index (Phi) is 4.93. The lowest BCUT2D eigenvalue weighted by Crippen LogP contribution is -2.22. The number of carbonyl (C=O) groups excluding carboxylic acids is 1. The molecule has 3 nitrogen and oxygen atoms in total. The molecule has 2 aromatic rings. The van der Waals surface area contributed by atoms with Gasteiger partial charge in [-0.15, -0.1) is 11.3 Å². The molecule has 0 fully saturated rings. The molecule has 1 aromatic carbocycles. The largest absolute Gasteiger partial charge is 0.351 e. The van der Waals surface area contributed by atoms with E-state index in [1.165, 1.54) is 0 Å². The van der Waals surface area contributed by atoms with Gasteiger partial charge in [0.1, 0.15) is 0 Å². The molecule has 2 rings (SSSR count). The monoisotopic (exact) mass is 294 g/mol. The number of hydrogen-bond donors (Lipinski definition) is 1. The molecule has 0 aliphatic carbocycles. The molecule has 1 heterocycles. The minimum Gasteiger partial charge on any atom is -0.351 e. The Morgan fingerprint density at radius 1 is 1.37 bits per heavy atom. The minimum absolute atomic E-state index is 0.0565. The smallest absolute Gasteiger partial charge is 0.220 e. The van der Waals surface area contributed by atoms with Crippen LogP contribution >= 0.6 is 22.9 Å². The van der Waals surface area contributed by atoms with E-state index in [9.17, 15) is 4.79 Å². The van der Waals surface area contributed by atoms with Gasteiger partial charge in [0, 0.05) is 22.5 Å². The van der Waals surface area contributed by atoms with Gasteiger partial charge in [0.2, 0.25) is 5.91 Å². The quantitative estimate of drug-likeness (QED) is 0.919. The van der Waals surface area contributed by atoms with Crippen LogP contribution in [-0.4, -0.2) is 10.9 Å². The van der Waals surface area contributed by atoms with E-state index in [-0.39, 0.29) is 5.91 Å². The summed E-state index contributed by atoms with van der Waals surface area (Å²) in [5, 5.41) is 4.63. The van der Waals surface area contributed by atoms with Crippen LogP contribution in [0.3, 0.4) is 0 Å². The third kappa shape index (κ3) is 4.65. The number of halogens is 1. The van der Waals surface area contributed by atoms with E-state index in [1.807, 2.05) is 31.2 Å². The lowest BCUT2D eigenvalue weighted by Gasteiger charge is -2.04. The van der Waals surface area contributed by atoms with Crippen LogP contribution < -0.4 is 5.32 Å². The van der Waals surface area contributed by atoms with E-state index in [0.717, 1.165) is 21.9 Å². The van der Waals surface area contributed by atoms with Crippen LogP contribution in [-0.2, 0) is 17.8 Å². The average Bonchev–Trinajstić information content (AvgIpc) is 2.81. The van der Waals surface area contributed by atoms with Gasteiger partial charge in [-0.25, -0.2) is 4.98 Å². The SMILES string of the molecule is Cc1ncc(CNC(=O)CCc2ccc(Cl)cc2)s1. The fourth-order valence-corrected chi connectivity index (χ4v) is 2.53. The average molecular weight is 295 g/mol. The van der Waals surface area contributed by atoms with E-state index < -0.39 is 0 Å². The van der Waals surface area contributed by atoms with Gasteiger partial charge in [0.25, 0.3) is 0 Å². The highest BCUT2D eigenvalue weighted by atomic mass is 35.5. The second-order valence-corrected chi connectivity index (χ2v) is 6.00. The molecule has 5 heteroatoms. The van der Waals surface area contributed by atoms with Crippen LogP contribution in [0.5, 0.6) is 0 Å². The zero-order chi connectivity index (χ0) is 13.7. The molecule has 1 amide bonds. The molecular weight excluding hydrogens is 280 g/mol. The first-order valence-electron chi connectivity index (χ1n) is 6.06. The van der Waals surface area contributed by atoms with Gasteiger partial charge < -0.3 is 5.32 Å². The van der Waals surface area contributed by atoms with Crippen molar-refractivity contribution in [2.24, 2.45) is 0 Å². The summed E-state index contributed by atoms with van der Waals surface area (Å²) in [6.07, 6.45) is 3.02. The number of rotatable bonds is 5. The third-order valence-corrected chi connectivity index (χ3v) is 3.85. The Morgan fingerprint density at radius 2 is 2.11 bits per heavy atom. The topological polar surface area (TPSA) is 42.0 Å². The highest BCUT2D eigenvalue weighted by molar-refractivity contribution is 7.11. The van der Waals surface area contributed by atoms with Gasteiger partial charge in [-0.1, -0.05) is 23.7 Å². The molecular formula is C14H15ClN2OS. The van der Waals surface area contributed by atoms with E-state index in [4.69, 9.17) is 11.6 Å². The second kappa shape index (κ2) is 6.68. The Hall–Kier alpha value is -1.39. The summed E-state index contributed by atoms with van der Waals surface area (Å²) in [6, 6.07) is 7.58. The molecule has 19 heavy (non-hydrogen) atoms. The summed E-state index contributed by atoms with van der Waals surface area (Å²) >= 11 is 7.42. The van der Waals surface area contributed by atoms with Crippen LogP contribution in [0.1, 0.15) is 21.9 Å². The van der Waals surface area contributed by atoms with Gasteiger partial charge in [0.15, 0.2) is 0 Å². The molecule has 0 atom stereocenters. The van der Waals surface area contributed by atoms with E-state index in [1.54, 1.807) is 17.5 Å². The summed E-state index contributed by atoms with van der Waals surface area (Å²) in [5.41, 5.74) is 1.12.